The Morgan fingerprint density at radius 2 is 1.95 bits per heavy atom. The third-order valence-corrected chi connectivity index (χ3v) is 3.34. The van der Waals surface area contributed by atoms with Crippen molar-refractivity contribution >= 4 is 27.7 Å². The molecule has 0 radical (unpaired) electrons. The molecule has 22 heavy (non-hydrogen) atoms. The molecule has 1 atom stereocenters. The summed E-state index contributed by atoms with van der Waals surface area (Å²) in [6, 6.07) is -0.178. The lowest BCUT2D eigenvalue weighted by Gasteiger charge is -2.10. The summed E-state index contributed by atoms with van der Waals surface area (Å²) >= 11 is 2.47. The number of carbonyl (C=O) groups excluding carboxylic acids is 1. The number of halogens is 4. The van der Waals surface area contributed by atoms with Crippen molar-refractivity contribution in [1.82, 2.24) is 5.32 Å². The molecule has 0 aliphatic carbocycles. The minimum absolute atomic E-state index is 0.354. The zero-order chi connectivity index (χ0) is 17.0. The molecule has 120 valence electrons. The van der Waals surface area contributed by atoms with Crippen molar-refractivity contribution in [3.63, 3.8) is 0 Å². The molecule has 9 heteroatoms. The third kappa shape index (κ3) is 3.86. The Hall–Kier alpha value is -1.87. The molecule has 0 heterocycles. The van der Waals surface area contributed by atoms with Gasteiger partial charge in [-0.1, -0.05) is 0 Å². The first kappa shape index (κ1) is 18.2. The van der Waals surface area contributed by atoms with Crippen molar-refractivity contribution in [3.8, 4) is 0 Å². The van der Waals surface area contributed by atoms with Gasteiger partial charge in [-0.25, -0.2) is 18.0 Å². The van der Waals surface area contributed by atoms with E-state index >= 15 is 0 Å². The predicted molar refractivity (Wildman–Crippen MR) is 73.7 cm³/mol. The maximum Gasteiger partial charge on any atom is 0.341 e. The number of carboxylic acid groups (broad SMARTS) is 1. The molecular weight excluding hydrogens is 371 g/mol. The Morgan fingerprint density at radius 1 is 1.36 bits per heavy atom. The number of Topliss-reactive ketones (excluding diaryl/α,β-unsaturated/α-hetero) is 1. The van der Waals surface area contributed by atoms with Crippen LogP contribution in [0, 0.1) is 17.5 Å². The molecule has 0 saturated heterocycles. The molecule has 0 aromatic heterocycles. The highest BCUT2D eigenvalue weighted by molar-refractivity contribution is 9.10. The maximum atomic E-state index is 13.7. The van der Waals surface area contributed by atoms with Gasteiger partial charge in [0, 0.05) is 12.2 Å². The number of aliphatic carboxylic acids is 1. The number of aliphatic hydroxyl groups is 1. The topological polar surface area (TPSA) is 86.6 Å². The molecule has 0 unspecified atom stereocenters. The van der Waals surface area contributed by atoms with E-state index in [0.29, 0.717) is 6.07 Å². The van der Waals surface area contributed by atoms with Crippen LogP contribution < -0.4 is 5.32 Å². The van der Waals surface area contributed by atoms with Crippen molar-refractivity contribution in [1.29, 1.82) is 0 Å². The van der Waals surface area contributed by atoms with Crippen molar-refractivity contribution in [2.24, 2.45) is 0 Å². The molecule has 0 bridgehead atoms. The highest BCUT2D eigenvalue weighted by atomic mass is 79.9. The number of carboxylic acids is 1. The molecular formula is C13H11BrF3NO4. The van der Waals surface area contributed by atoms with Gasteiger partial charge in [0.05, 0.1) is 16.6 Å². The van der Waals surface area contributed by atoms with Crippen LogP contribution in [0.1, 0.15) is 17.3 Å². The molecule has 1 aromatic rings. The van der Waals surface area contributed by atoms with Gasteiger partial charge < -0.3 is 15.5 Å². The molecule has 0 aliphatic rings. The molecule has 1 rings (SSSR count). The van der Waals surface area contributed by atoms with E-state index in [1.165, 1.54) is 6.92 Å². The number of hydrogen-bond donors (Lipinski definition) is 3. The van der Waals surface area contributed by atoms with E-state index in [1.807, 2.05) is 0 Å². The molecule has 0 fully saturated rings. The number of rotatable bonds is 6. The third-order valence-electron chi connectivity index (χ3n) is 2.61. The summed E-state index contributed by atoms with van der Waals surface area (Å²) in [5.74, 6) is -7.67. The van der Waals surface area contributed by atoms with E-state index in [2.05, 4.69) is 21.2 Å². The Kier molecular flexibility index (Phi) is 6.12. The second-order valence-corrected chi connectivity index (χ2v) is 5.08. The van der Waals surface area contributed by atoms with E-state index < -0.39 is 50.9 Å². The minimum atomic E-state index is -1.72. The van der Waals surface area contributed by atoms with Crippen LogP contribution in [0.5, 0.6) is 0 Å². The quantitative estimate of drug-likeness (QED) is 0.175. The van der Waals surface area contributed by atoms with Crippen molar-refractivity contribution < 1.29 is 33.0 Å². The molecule has 1 aromatic carbocycles. The van der Waals surface area contributed by atoms with Crippen molar-refractivity contribution in [3.05, 3.63) is 45.3 Å². The standard InChI is InChI=1S/C13H11BrF3NO4/c1-5(4-19)18-3-7(13(21)22)12(20)6-2-8(15)9(14)11(17)10(6)16/h2-3,5,18-19H,4H2,1H3,(H,21,22)/t5-/m1/s1. The first-order chi connectivity index (χ1) is 10.2. The average Bonchev–Trinajstić information content (AvgIpc) is 2.48. The first-order valence-corrected chi connectivity index (χ1v) is 6.68. The number of nitrogens with one attached hydrogen (secondary N) is 1. The number of benzene rings is 1. The van der Waals surface area contributed by atoms with Gasteiger partial charge in [0.2, 0.25) is 5.78 Å². The summed E-state index contributed by atoms with van der Waals surface area (Å²) in [6.45, 7) is 1.13. The number of hydrogen-bond acceptors (Lipinski definition) is 4. The van der Waals surface area contributed by atoms with Crippen LogP contribution >= 0.6 is 15.9 Å². The summed E-state index contributed by atoms with van der Waals surface area (Å²) in [4.78, 5) is 23.0. The highest BCUT2D eigenvalue weighted by Crippen LogP contribution is 2.26. The van der Waals surface area contributed by atoms with Crippen LogP contribution in [0.2, 0.25) is 0 Å². The van der Waals surface area contributed by atoms with Crippen molar-refractivity contribution in [2.75, 3.05) is 6.61 Å². The Morgan fingerprint density at radius 3 is 2.45 bits per heavy atom. The number of carbonyl (C=O) groups is 2. The number of ketones is 1. The molecule has 0 saturated carbocycles. The largest absolute Gasteiger partial charge is 0.477 e. The van der Waals surface area contributed by atoms with Crippen LogP contribution in [-0.2, 0) is 4.79 Å². The van der Waals surface area contributed by atoms with E-state index in [9.17, 15) is 22.8 Å². The molecule has 5 nitrogen and oxygen atoms in total. The van der Waals surface area contributed by atoms with Crippen LogP contribution in [0.4, 0.5) is 13.2 Å². The van der Waals surface area contributed by atoms with E-state index in [-0.39, 0.29) is 6.61 Å². The smallest absolute Gasteiger partial charge is 0.341 e. The average molecular weight is 382 g/mol. The second kappa shape index (κ2) is 7.41. The number of aliphatic hydroxyl groups excluding tert-OH is 1. The fourth-order valence-electron chi connectivity index (χ4n) is 1.39. The van der Waals surface area contributed by atoms with Crippen molar-refractivity contribution in [2.45, 2.75) is 13.0 Å². The summed E-state index contributed by atoms with van der Waals surface area (Å²) < 4.78 is 39.7. The predicted octanol–water partition coefficient (Wildman–Crippen LogP) is 1.99. The monoisotopic (exact) mass is 381 g/mol. The first-order valence-electron chi connectivity index (χ1n) is 5.88. The SMILES string of the molecule is C[C@H](CO)NC=C(C(=O)O)C(=O)c1cc(F)c(Br)c(F)c1F. The van der Waals surface area contributed by atoms with E-state index in [4.69, 9.17) is 10.2 Å². The van der Waals surface area contributed by atoms with Gasteiger partial charge in [-0.05, 0) is 28.9 Å². The lowest BCUT2D eigenvalue weighted by atomic mass is 10.0. The Labute approximate surface area is 131 Å². The van der Waals surface area contributed by atoms with Crippen LogP contribution in [0.15, 0.2) is 22.3 Å². The van der Waals surface area contributed by atoms with Gasteiger partial charge in [-0.2, -0.15) is 0 Å². The Balaban J connectivity index is 3.30. The van der Waals surface area contributed by atoms with Gasteiger partial charge in [0.15, 0.2) is 11.6 Å². The normalized spacial score (nSPS) is 12.9. The summed E-state index contributed by atoms with van der Waals surface area (Å²) in [6.07, 6.45) is 0.739. The Bertz CT molecular complexity index is 649. The van der Waals surface area contributed by atoms with E-state index in [1.54, 1.807) is 0 Å². The minimum Gasteiger partial charge on any atom is -0.477 e. The maximum absolute atomic E-state index is 13.7. The fraction of sp³-hybridized carbons (Fsp3) is 0.231. The van der Waals surface area contributed by atoms with E-state index in [0.717, 1.165) is 6.20 Å². The highest BCUT2D eigenvalue weighted by Gasteiger charge is 2.27. The van der Waals surface area contributed by atoms with Gasteiger partial charge >= 0.3 is 5.97 Å². The van der Waals surface area contributed by atoms with Gasteiger partial charge in [-0.3, -0.25) is 4.79 Å². The van der Waals surface area contributed by atoms with Gasteiger partial charge in [0.1, 0.15) is 11.4 Å². The summed E-state index contributed by atoms with van der Waals surface area (Å²) in [5.41, 5.74) is -1.98. The zero-order valence-corrected chi connectivity index (χ0v) is 12.7. The lowest BCUT2D eigenvalue weighted by molar-refractivity contribution is -0.132. The lowest BCUT2D eigenvalue weighted by Crippen LogP contribution is -2.27. The molecule has 0 aliphatic heterocycles. The van der Waals surface area contributed by atoms with Crippen LogP contribution in [0.25, 0.3) is 0 Å². The second-order valence-electron chi connectivity index (χ2n) is 4.29. The molecule has 3 N–H and O–H groups in total. The van der Waals surface area contributed by atoms with Crippen LogP contribution in [0.3, 0.4) is 0 Å². The zero-order valence-electron chi connectivity index (χ0n) is 11.2. The van der Waals surface area contributed by atoms with Gasteiger partial charge in [0.25, 0.3) is 0 Å². The van der Waals surface area contributed by atoms with Crippen LogP contribution in [-0.4, -0.2) is 34.6 Å². The summed E-state index contributed by atoms with van der Waals surface area (Å²) in [5, 5.41) is 20.2. The summed E-state index contributed by atoms with van der Waals surface area (Å²) in [7, 11) is 0. The fourth-order valence-corrected chi connectivity index (χ4v) is 1.67. The molecule has 0 spiro atoms. The molecule has 0 amide bonds. The van der Waals surface area contributed by atoms with Gasteiger partial charge in [-0.15, -0.1) is 0 Å².